The van der Waals surface area contributed by atoms with E-state index in [1.807, 2.05) is 18.2 Å². The molecule has 1 fully saturated rings. The summed E-state index contributed by atoms with van der Waals surface area (Å²) in [5.41, 5.74) is 4.87. The lowest BCUT2D eigenvalue weighted by molar-refractivity contribution is -0.108. The van der Waals surface area contributed by atoms with Gasteiger partial charge in [-0.1, -0.05) is 12.1 Å². The second-order valence-electron chi connectivity index (χ2n) is 6.68. The average Bonchev–Trinajstić information content (AvgIpc) is 3.34. The van der Waals surface area contributed by atoms with Crippen LogP contribution in [0.1, 0.15) is 24.0 Å². The van der Waals surface area contributed by atoms with Crippen LogP contribution in [-0.2, 0) is 22.4 Å². The Labute approximate surface area is 157 Å². The summed E-state index contributed by atoms with van der Waals surface area (Å²) < 4.78 is 11.3. The number of aromatic nitrogens is 1. The number of carbonyl (C=O) groups is 2. The smallest absolute Gasteiger partial charge is 0.325 e. The molecule has 1 aliphatic carbocycles. The molecule has 0 spiro atoms. The first kappa shape index (κ1) is 17.5. The van der Waals surface area contributed by atoms with Crippen LogP contribution in [0.2, 0.25) is 0 Å². The number of amides is 3. The molecule has 2 heterocycles. The van der Waals surface area contributed by atoms with Gasteiger partial charge >= 0.3 is 6.03 Å². The Bertz CT molecular complexity index is 862. The molecule has 2 aromatic rings. The average molecular weight is 367 g/mol. The van der Waals surface area contributed by atoms with Crippen LogP contribution in [0.25, 0.3) is 11.1 Å². The highest BCUT2D eigenvalue weighted by atomic mass is 16.5. The first-order valence-corrected chi connectivity index (χ1v) is 9.11. The zero-order valence-electron chi connectivity index (χ0n) is 14.9. The Morgan fingerprint density at radius 1 is 1.30 bits per heavy atom. The maximum Gasteiger partial charge on any atom is 0.325 e. The van der Waals surface area contributed by atoms with Gasteiger partial charge in [0.1, 0.15) is 6.10 Å². The van der Waals surface area contributed by atoms with Gasteiger partial charge in [-0.3, -0.25) is 10.1 Å². The molecule has 4 rings (SSSR count). The molecule has 1 aromatic carbocycles. The first-order valence-electron chi connectivity index (χ1n) is 9.11. The number of aryl methyl sites for hydroxylation is 1. The molecule has 0 bridgehead atoms. The molecule has 0 saturated carbocycles. The van der Waals surface area contributed by atoms with Crippen LogP contribution in [0.4, 0.5) is 10.5 Å². The topological polar surface area (TPSA) is 89.6 Å². The van der Waals surface area contributed by atoms with Gasteiger partial charge in [-0.05, 0) is 42.0 Å². The van der Waals surface area contributed by atoms with Crippen molar-refractivity contribution in [3.05, 3.63) is 41.6 Å². The maximum absolute atomic E-state index is 12.0. The summed E-state index contributed by atoms with van der Waals surface area (Å²) in [4.78, 5) is 26.9. The molecule has 2 N–H and O–H groups in total. The van der Waals surface area contributed by atoms with Crippen LogP contribution < -0.4 is 15.4 Å². The molecular weight excluding hydrogens is 346 g/mol. The predicted octanol–water partition coefficient (Wildman–Crippen LogP) is 2.68. The summed E-state index contributed by atoms with van der Waals surface area (Å²) in [5.74, 6) is 0.534. The third kappa shape index (κ3) is 3.78. The lowest BCUT2D eigenvalue weighted by Crippen LogP contribution is -2.28. The molecule has 0 radical (unpaired) electrons. The minimum atomic E-state index is -0.541. The van der Waals surface area contributed by atoms with E-state index in [9.17, 15) is 9.59 Å². The minimum Gasteiger partial charge on any atom is -0.472 e. The molecule has 3 amide bonds. The number of rotatable bonds is 5. The van der Waals surface area contributed by atoms with Gasteiger partial charge in [0.15, 0.2) is 0 Å². The van der Waals surface area contributed by atoms with E-state index in [2.05, 4.69) is 21.7 Å². The van der Waals surface area contributed by atoms with Crippen molar-refractivity contribution in [3.8, 4) is 17.0 Å². The van der Waals surface area contributed by atoms with E-state index in [1.54, 1.807) is 6.20 Å². The van der Waals surface area contributed by atoms with E-state index in [4.69, 9.17) is 9.47 Å². The molecule has 140 valence electrons. The molecule has 1 atom stereocenters. The fraction of sp³-hybridized carbons (Fsp3) is 0.350. The maximum atomic E-state index is 12.0. The van der Waals surface area contributed by atoms with Gasteiger partial charge in [0.25, 0.3) is 0 Å². The van der Waals surface area contributed by atoms with Gasteiger partial charge in [-0.25, -0.2) is 9.78 Å². The van der Waals surface area contributed by atoms with Gasteiger partial charge in [0.2, 0.25) is 12.3 Å². The summed E-state index contributed by atoms with van der Waals surface area (Å²) in [6, 6.07) is 7.32. The Kier molecular flexibility index (Phi) is 5.02. The highest BCUT2D eigenvalue weighted by Crippen LogP contribution is 2.38. The van der Waals surface area contributed by atoms with E-state index in [1.165, 1.54) is 5.56 Å². The van der Waals surface area contributed by atoms with Crippen molar-refractivity contribution >= 4 is 18.1 Å². The molecule has 7 nitrogen and oxygen atoms in total. The van der Waals surface area contributed by atoms with Gasteiger partial charge in [0, 0.05) is 24.2 Å². The standard InChI is InChI=1S/C20H21N3O4/c24-12-22-20(25)23-19-16-3-1-2-13(16)4-5-17(19)14-6-8-21-18(10-14)27-15-7-9-26-11-15/h4-6,8,10,12,15H,1-3,7,9,11H2,(H2,22,23,24,25). The predicted molar refractivity (Wildman–Crippen MR) is 99.8 cm³/mol. The molecule has 1 aromatic heterocycles. The zero-order chi connectivity index (χ0) is 18.6. The van der Waals surface area contributed by atoms with E-state index < -0.39 is 6.03 Å². The number of carbonyl (C=O) groups excluding carboxylic acids is 2. The van der Waals surface area contributed by atoms with Crippen LogP contribution in [0.5, 0.6) is 5.88 Å². The van der Waals surface area contributed by atoms with Crippen molar-refractivity contribution in [2.45, 2.75) is 31.8 Å². The fourth-order valence-corrected chi connectivity index (χ4v) is 3.67. The van der Waals surface area contributed by atoms with Crippen LogP contribution >= 0.6 is 0 Å². The second-order valence-corrected chi connectivity index (χ2v) is 6.68. The molecule has 1 saturated heterocycles. The molecule has 27 heavy (non-hydrogen) atoms. The summed E-state index contributed by atoms with van der Waals surface area (Å²) >= 11 is 0. The SMILES string of the molecule is O=CNC(=O)Nc1c(-c2ccnc(OC3CCOC3)c2)ccc2c1CCC2. The number of imide groups is 1. The lowest BCUT2D eigenvalue weighted by atomic mass is 9.98. The molecular formula is C20H21N3O4. The monoisotopic (exact) mass is 367 g/mol. The first-order chi connectivity index (χ1) is 13.2. The zero-order valence-corrected chi connectivity index (χ0v) is 14.9. The van der Waals surface area contributed by atoms with E-state index >= 15 is 0 Å². The van der Waals surface area contributed by atoms with Gasteiger partial charge in [-0.2, -0.15) is 0 Å². The van der Waals surface area contributed by atoms with Crippen molar-refractivity contribution in [2.75, 3.05) is 18.5 Å². The number of nitrogens with zero attached hydrogens (tertiary/aromatic N) is 1. The largest absolute Gasteiger partial charge is 0.472 e. The number of hydrogen-bond acceptors (Lipinski definition) is 5. The molecule has 1 aliphatic heterocycles. The van der Waals surface area contributed by atoms with Gasteiger partial charge < -0.3 is 14.8 Å². The second kappa shape index (κ2) is 7.75. The highest BCUT2D eigenvalue weighted by Gasteiger charge is 2.21. The summed E-state index contributed by atoms with van der Waals surface area (Å²) in [6.07, 6.45) is 5.88. The van der Waals surface area contributed by atoms with Gasteiger partial charge in [-0.15, -0.1) is 0 Å². The number of benzene rings is 1. The third-order valence-corrected chi connectivity index (χ3v) is 4.93. The van der Waals surface area contributed by atoms with E-state index in [0.29, 0.717) is 25.5 Å². The summed E-state index contributed by atoms with van der Waals surface area (Å²) in [6.45, 7) is 1.28. The molecule has 1 unspecified atom stereocenters. The minimum absolute atomic E-state index is 0.0173. The molecule has 2 aliphatic rings. The van der Waals surface area contributed by atoms with Crippen molar-refractivity contribution < 1.29 is 19.1 Å². The van der Waals surface area contributed by atoms with Crippen molar-refractivity contribution in [3.63, 3.8) is 0 Å². The quantitative estimate of drug-likeness (QED) is 0.793. The number of hydrogen-bond donors (Lipinski definition) is 2. The number of nitrogens with one attached hydrogen (secondary N) is 2. The summed E-state index contributed by atoms with van der Waals surface area (Å²) in [5, 5.41) is 4.98. The van der Waals surface area contributed by atoms with Crippen molar-refractivity contribution in [2.24, 2.45) is 0 Å². The third-order valence-electron chi connectivity index (χ3n) is 4.93. The van der Waals surface area contributed by atoms with E-state index in [-0.39, 0.29) is 6.10 Å². The Hall–Kier alpha value is -2.93. The Balaban J connectivity index is 1.68. The lowest BCUT2D eigenvalue weighted by Gasteiger charge is -2.17. The summed E-state index contributed by atoms with van der Waals surface area (Å²) in [7, 11) is 0. The van der Waals surface area contributed by atoms with Crippen LogP contribution in [0.3, 0.4) is 0 Å². The van der Waals surface area contributed by atoms with E-state index in [0.717, 1.165) is 48.1 Å². The Morgan fingerprint density at radius 2 is 2.22 bits per heavy atom. The Morgan fingerprint density at radius 3 is 3.04 bits per heavy atom. The van der Waals surface area contributed by atoms with Crippen LogP contribution in [-0.4, -0.2) is 36.7 Å². The van der Waals surface area contributed by atoms with Crippen LogP contribution in [0.15, 0.2) is 30.5 Å². The highest BCUT2D eigenvalue weighted by molar-refractivity contribution is 6.00. The number of fused-ring (bicyclic) bond motifs is 1. The number of pyridine rings is 1. The van der Waals surface area contributed by atoms with Gasteiger partial charge in [0.05, 0.1) is 18.9 Å². The number of urea groups is 1. The normalized spacial score (nSPS) is 18.0. The fourth-order valence-electron chi connectivity index (χ4n) is 3.67. The van der Waals surface area contributed by atoms with Crippen molar-refractivity contribution in [1.29, 1.82) is 0 Å². The van der Waals surface area contributed by atoms with Crippen molar-refractivity contribution in [1.82, 2.24) is 10.3 Å². The van der Waals surface area contributed by atoms with Crippen LogP contribution in [0, 0.1) is 0 Å². The number of anilines is 1. The molecule has 7 heteroatoms. The number of ether oxygens (including phenoxy) is 2.